The van der Waals surface area contributed by atoms with Gasteiger partial charge in [0.25, 0.3) is 0 Å². The third-order valence-corrected chi connectivity index (χ3v) is 5.73. The number of para-hydroxylation sites is 1. The van der Waals surface area contributed by atoms with E-state index < -0.39 is 5.82 Å². The van der Waals surface area contributed by atoms with E-state index in [2.05, 4.69) is 15.6 Å². The number of rotatable bonds is 7. The van der Waals surface area contributed by atoms with Gasteiger partial charge in [-0.05, 0) is 55.3 Å². The number of hydrogen-bond donors (Lipinski definition) is 2. The van der Waals surface area contributed by atoms with Crippen molar-refractivity contribution in [2.75, 3.05) is 15.5 Å². The van der Waals surface area contributed by atoms with E-state index in [0.29, 0.717) is 22.2 Å². The summed E-state index contributed by atoms with van der Waals surface area (Å²) in [5.74, 6) is -1.13. The molecular formula is C24H21FN4O3S. The van der Waals surface area contributed by atoms with Crippen LogP contribution >= 0.6 is 11.3 Å². The summed E-state index contributed by atoms with van der Waals surface area (Å²) in [5, 5.41) is 7.55. The lowest BCUT2D eigenvalue weighted by atomic mass is 10.2. The van der Waals surface area contributed by atoms with E-state index in [9.17, 15) is 18.8 Å². The second kappa shape index (κ2) is 9.74. The number of anilines is 4. The van der Waals surface area contributed by atoms with Crippen molar-refractivity contribution in [1.82, 2.24) is 4.98 Å². The first-order valence-corrected chi connectivity index (χ1v) is 11.2. The molecule has 3 amide bonds. The second-order valence-electron chi connectivity index (χ2n) is 7.52. The summed E-state index contributed by atoms with van der Waals surface area (Å²) in [5.41, 5.74) is 1.84. The fourth-order valence-electron chi connectivity index (χ4n) is 3.07. The molecule has 1 aliphatic rings. The molecule has 9 heteroatoms. The minimum absolute atomic E-state index is 0.0238. The zero-order chi connectivity index (χ0) is 23.4. The first-order valence-electron chi connectivity index (χ1n) is 10.3. The highest BCUT2D eigenvalue weighted by molar-refractivity contribution is 7.14. The molecule has 1 fully saturated rings. The molecule has 0 radical (unpaired) electrons. The lowest BCUT2D eigenvalue weighted by Crippen LogP contribution is -2.23. The Morgan fingerprint density at radius 1 is 1.06 bits per heavy atom. The zero-order valence-electron chi connectivity index (χ0n) is 17.7. The molecule has 2 N–H and O–H groups in total. The van der Waals surface area contributed by atoms with Crippen molar-refractivity contribution in [3.8, 4) is 0 Å². The molecule has 1 heterocycles. The van der Waals surface area contributed by atoms with Gasteiger partial charge in [0.15, 0.2) is 5.13 Å². The third-order valence-electron chi connectivity index (χ3n) is 4.88. The summed E-state index contributed by atoms with van der Waals surface area (Å²) in [4.78, 5) is 41.7. The Hall–Kier alpha value is -3.85. The van der Waals surface area contributed by atoms with E-state index in [1.54, 1.807) is 41.8 Å². The van der Waals surface area contributed by atoms with Crippen LogP contribution < -0.4 is 15.5 Å². The Balaban J connectivity index is 1.38. The van der Waals surface area contributed by atoms with Crippen LogP contribution in [0.25, 0.3) is 6.08 Å². The number of halogens is 1. The molecule has 4 rings (SSSR count). The standard InChI is InChI=1S/C24H21FN4O3S/c1-15(30)29(21-5-3-2-4-20(21)25)24-28-19(14-33-24)12-13-22(31)26-17-8-10-18(11-9-17)27-23(32)16-6-7-16/h2-5,8-14,16H,6-7H2,1H3,(H,26,31)(H,27,32)/b13-12+. The van der Waals surface area contributed by atoms with E-state index >= 15 is 0 Å². The van der Waals surface area contributed by atoms with Crippen LogP contribution in [-0.4, -0.2) is 22.7 Å². The molecule has 0 bridgehead atoms. The van der Waals surface area contributed by atoms with Gasteiger partial charge >= 0.3 is 0 Å². The number of hydrogen-bond acceptors (Lipinski definition) is 5. The summed E-state index contributed by atoms with van der Waals surface area (Å²) in [6.45, 7) is 1.33. The minimum atomic E-state index is -0.530. The monoisotopic (exact) mass is 464 g/mol. The Morgan fingerprint density at radius 2 is 1.73 bits per heavy atom. The van der Waals surface area contributed by atoms with Gasteiger partial charge in [-0.1, -0.05) is 12.1 Å². The molecule has 7 nitrogen and oxygen atoms in total. The van der Waals surface area contributed by atoms with Gasteiger partial charge in [-0.15, -0.1) is 11.3 Å². The second-order valence-corrected chi connectivity index (χ2v) is 8.36. The van der Waals surface area contributed by atoms with E-state index in [1.807, 2.05) is 0 Å². The van der Waals surface area contributed by atoms with Gasteiger partial charge in [0.2, 0.25) is 17.7 Å². The SMILES string of the molecule is CC(=O)N(c1nc(/C=C/C(=O)Nc2ccc(NC(=O)C3CC3)cc2)cs1)c1ccccc1F. The first-order chi connectivity index (χ1) is 15.9. The molecule has 0 saturated heterocycles. The van der Waals surface area contributed by atoms with Crippen LogP contribution in [0.4, 0.5) is 26.6 Å². The van der Waals surface area contributed by atoms with Crippen LogP contribution in [0.3, 0.4) is 0 Å². The number of nitrogens with zero attached hydrogens (tertiary/aromatic N) is 2. The van der Waals surface area contributed by atoms with Crippen LogP contribution in [0.1, 0.15) is 25.5 Å². The van der Waals surface area contributed by atoms with Crippen molar-refractivity contribution in [1.29, 1.82) is 0 Å². The average Bonchev–Trinajstić information content (AvgIpc) is 3.54. The molecule has 0 spiro atoms. The van der Waals surface area contributed by atoms with Gasteiger partial charge < -0.3 is 10.6 Å². The Bertz CT molecular complexity index is 1220. The summed E-state index contributed by atoms with van der Waals surface area (Å²) < 4.78 is 14.2. The van der Waals surface area contributed by atoms with Gasteiger partial charge in [-0.2, -0.15) is 0 Å². The minimum Gasteiger partial charge on any atom is -0.326 e. The Kier molecular flexibility index (Phi) is 6.60. The van der Waals surface area contributed by atoms with Crippen LogP contribution in [-0.2, 0) is 14.4 Å². The van der Waals surface area contributed by atoms with Crippen LogP contribution in [0.2, 0.25) is 0 Å². The smallest absolute Gasteiger partial charge is 0.248 e. The lowest BCUT2D eigenvalue weighted by molar-refractivity contribution is -0.117. The lowest BCUT2D eigenvalue weighted by Gasteiger charge is -2.18. The Morgan fingerprint density at radius 3 is 2.36 bits per heavy atom. The maximum Gasteiger partial charge on any atom is 0.248 e. The average molecular weight is 465 g/mol. The first kappa shape index (κ1) is 22.3. The maximum atomic E-state index is 14.2. The van der Waals surface area contributed by atoms with Gasteiger partial charge in [0.1, 0.15) is 5.82 Å². The van der Waals surface area contributed by atoms with Gasteiger partial charge in [-0.25, -0.2) is 9.37 Å². The van der Waals surface area contributed by atoms with E-state index in [1.165, 1.54) is 47.4 Å². The summed E-state index contributed by atoms with van der Waals surface area (Å²) in [7, 11) is 0. The molecule has 1 saturated carbocycles. The van der Waals surface area contributed by atoms with Crippen molar-refractivity contribution < 1.29 is 18.8 Å². The molecule has 1 aliphatic carbocycles. The third kappa shape index (κ3) is 5.69. The summed E-state index contributed by atoms with van der Waals surface area (Å²) in [6.07, 6.45) is 4.70. The van der Waals surface area contributed by atoms with E-state index in [4.69, 9.17) is 0 Å². The van der Waals surface area contributed by atoms with Crippen molar-refractivity contribution in [3.63, 3.8) is 0 Å². The molecule has 0 atom stereocenters. The maximum absolute atomic E-state index is 14.2. The van der Waals surface area contributed by atoms with Crippen molar-refractivity contribution in [3.05, 3.63) is 71.5 Å². The van der Waals surface area contributed by atoms with Crippen molar-refractivity contribution in [2.45, 2.75) is 19.8 Å². The summed E-state index contributed by atoms with van der Waals surface area (Å²) in [6, 6.07) is 12.8. The van der Waals surface area contributed by atoms with E-state index in [0.717, 1.165) is 12.8 Å². The van der Waals surface area contributed by atoms with Gasteiger partial charge in [-0.3, -0.25) is 19.3 Å². The molecule has 0 aliphatic heterocycles. The number of thiazole rings is 1. The van der Waals surface area contributed by atoms with Crippen LogP contribution in [0.15, 0.2) is 60.0 Å². The molecule has 0 unspecified atom stereocenters. The zero-order valence-corrected chi connectivity index (χ0v) is 18.6. The van der Waals surface area contributed by atoms with Gasteiger partial charge in [0.05, 0.1) is 11.4 Å². The van der Waals surface area contributed by atoms with Crippen molar-refractivity contribution >= 4 is 57.3 Å². The summed E-state index contributed by atoms with van der Waals surface area (Å²) >= 11 is 1.17. The number of amides is 3. The number of aromatic nitrogens is 1. The number of carbonyl (C=O) groups is 3. The fraction of sp³-hybridized carbons (Fsp3) is 0.167. The molecule has 2 aromatic carbocycles. The predicted octanol–water partition coefficient (Wildman–Crippen LogP) is 4.97. The van der Waals surface area contributed by atoms with Crippen LogP contribution in [0, 0.1) is 11.7 Å². The highest BCUT2D eigenvalue weighted by Gasteiger charge is 2.29. The number of benzene rings is 2. The predicted molar refractivity (Wildman–Crippen MR) is 127 cm³/mol. The number of nitrogens with one attached hydrogen (secondary N) is 2. The quantitative estimate of drug-likeness (QED) is 0.483. The molecule has 1 aromatic heterocycles. The van der Waals surface area contributed by atoms with Crippen molar-refractivity contribution in [2.24, 2.45) is 5.92 Å². The Labute approximate surface area is 194 Å². The van der Waals surface area contributed by atoms with Crippen LogP contribution in [0.5, 0.6) is 0 Å². The van der Waals surface area contributed by atoms with E-state index in [-0.39, 0.29) is 29.3 Å². The molecule has 3 aromatic rings. The van der Waals surface area contributed by atoms with Gasteiger partial charge in [0, 0.05) is 35.7 Å². The number of carbonyl (C=O) groups excluding carboxylic acids is 3. The topological polar surface area (TPSA) is 91.4 Å². The highest BCUT2D eigenvalue weighted by Crippen LogP contribution is 2.31. The fourth-order valence-corrected chi connectivity index (χ4v) is 3.92. The largest absolute Gasteiger partial charge is 0.326 e. The molecule has 168 valence electrons. The molecular weight excluding hydrogens is 443 g/mol. The highest BCUT2D eigenvalue weighted by atomic mass is 32.1. The normalized spacial score (nSPS) is 13.0. The molecule has 33 heavy (non-hydrogen) atoms.